The lowest BCUT2D eigenvalue weighted by atomic mass is 9.89. The predicted octanol–water partition coefficient (Wildman–Crippen LogP) is 4.02. The fraction of sp³-hybridized carbons (Fsp3) is 0.444. The number of hydrogen-bond acceptors (Lipinski definition) is 3. The maximum Gasteiger partial charge on any atom is 0.259 e. The van der Waals surface area contributed by atoms with E-state index in [1.54, 1.807) is 6.20 Å². The van der Waals surface area contributed by atoms with Crippen LogP contribution in [0.2, 0.25) is 0 Å². The molecule has 7 heteroatoms. The standard InChI is InChI=1S/C27H33N5O2/c1-20-16-21(2)19-31(18-20)26(33)22-10-14-30(15-11-22)27(34)24-17-28-32(23-8-4-3-5-9-23)25(24)29-12-6-7-13-29/h3-9,12-13,17,20-22H,10-11,14-16,18-19H2,1-2H3/t20-,21-/m1/s1. The molecule has 2 aliphatic rings. The maximum absolute atomic E-state index is 13.6. The number of para-hydroxylation sites is 1. The molecule has 2 saturated heterocycles. The van der Waals surface area contributed by atoms with E-state index in [1.807, 2.05) is 69.0 Å². The van der Waals surface area contributed by atoms with Crippen LogP contribution in [-0.4, -0.2) is 62.1 Å². The van der Waals surface area contributed by atoms with Gasteiger partial charge in [-0.15, -0.1) is 0 Å². The van der Waals surface area contributed by atoms with Crippen LogP contribution in [0.15, 0.2) is 61.1 Å². The topological polar surface area (TPSA) is 63.4 Å². The van der Waals surface area contributed by atoms with E-state index in [4.69, 9.17) is 0 Å². The molecule has 2 aromatic heterocycles. The number of carbonyl (C=O) groups excluding carboxylic acids is 2. The van der Waals surface area contributed by atoms with Gasteiger partial charge in [0.1, 0.15) is 5.56 Å². The molecule has 2 fully saturated rings. The summed E-state index contributed by atoms with van der Waals surface area (Å²) in [5.74, 6) is 2.10. The van der Waals surface area contributed by atoms with E-state index >= 15 is 0 Å². The minimum atomic E-state index is -0.0306. The fourth-order valence-electron chi connectivity index (χ4n) is 5.58. The minimum absolute atomic E-state index is 0.0116. The largest absolute Gasteiger partial charge is 0.342 e. The van der Waals surface area contributed by atoms with E-state index in [0.29, 0.717) is 30.5 Å². The highest BCUT2D eigenvalue weighted by Gasteiger charge is 2.34. The lowest BCUT2D eigenvalue weighted by Gasteiger charge is -2.39. The Bertz CT molecular complexity index is 1120. The van der Waals surface area contributed by atoms with Crippen molar-refractivity contribution in [1.82, 2.24) is 24.1 Å². The van der Waals surface area contributed by atoms with Gasteiger partial charge in [-0.1, -0.05) is 32.0 Å². The third-order valence-corrected chi connectivity index (χ3v) is 7.14. The van der Waals surface area contributed by atoms with Crippen LogP contribution >= 0.6 is 0 Å². The van der Waals surface area contributed by atoms with E-state index in [2.05, 4.69) is 23.8 Å². The number of amides is 2. The van der Waals surface area contributed by atoms with Gasteiger partial charge in [-0.05, 0) is 55.4 Å². The molecule has 2 atom stereocenters. The van der Waals surface area contributed by atoms with Gasteiger partial charge in [-0.3, -0.25) is 9.59 Å². The zero-order valence-electron chi connectivity index (χ0n) is 20.0. The maximum atomic E-state index is 13.6. The van der Waals surface area contributed by atoms with E-state index in [0.717, 1.165) is 37.4 Å². The van der Waals surface area contributed by atoms with Gasteiger partial charge < -0.3 is 14.4 Å². The van der Waals surface area contributed by atoms with Crippen molar-refractivity contribution in [3.05, 3.63) is 66.6 Å². The van der Waals surface area contributed by atoms with E-state index in [9.17, 15) is 9.59 Å². The first-order valence-corrected chi connectivity index (χ1v) is 12.4. The second-order valence-corrected chi connectivity index (χ2v) is 9.98. The Morgan fingerprint density at radius 1 is 0.882 bits per heavy atom. The van der Waals surface area contributed by atoms with Crippen molar-refractivity contribution in [2.75, 3.05) is 26.2 Å². The Morgan fingerprint density at radius 3 is 2.18 bits per heavy atom. The van der Waals surface area contributed by atoms with Crippen molar-refractivity contribution in [3.63, 3.8) is 0 Å². The molecule has 2 amide bonds. The van der Waals surface area contributed by atoms with Gasteiger partial charge in [0.2, 0.25) is 5.91 Å². The molecule has 5 rings (SSSR count). The molecule has 0 aliphatic carbocycles. The van der Waals surface area contributed by atoms with Crippen molar-refractivity contribution in [3.8, 4) is 11.5 Å². The molecule has 0 bridgehead atoms. The quantitative estimate of drug-likeness (QED) is 0.592. The summed E-state index contributed by atoms with van der Waals surface area (Å²) < 4.78 is 3.74. The number of rotatable bonds is 4. The highest BCUT2D eigenvalue weighted by Crippen LogP contribution is 2.28. The van der Waals surface area contributed by atoms with Crippen LogP contribution in [0.5, 0.6) is 0 Å². The zero-order chi connectivity index (χ0) is 23.7. The van der Waals surface area contributed by atoms with E-state index in [1.165, 1.54) is 6.42 Å². The number of aromatic nitrogens is 3. The van der Waals surface area contributed by atoms with Gasteiger partial charge in [0.15, 0.2) is 5.82 Å². The lowest BCUT2D eigenvalue weighted by molar-refractivity contribution is -0.139. The Labute approximate surface area is 201 Å². The van der Waals surface area contributed by atoms with Crippen LogP contribution in [0.25, 0.3) is 11.5 Å². The van der Waals surface area contributed by atoms with Crippen molar-refractivity contribution in [1.29, 1.82) is 0 Å². The first kappa shape index (κ1) is 22.4. The normalized spacial score (nSPS) is 21.6. The van der Waals surface area contributed by atoms with Gasteiger partial charge in [-0.25, -0.2) is 4.68 Å². The molecular formula is C27H33N5O2. The summed E-state index contributed by atoms with van der Waals surface area (Å²) in [5, 5.41) is 4.56. The molecule has 0 saturated carbocycles. The smallest absolute Gasteiger partial charge is 0.259 e. The molecule has 0 radical (unpaired) electrons. The highest BCUT2D eigenvalue weighted by molar-refractivity contribution is 5.97. The van der Waals surface area contributed by atoms with Crippen LogP contribution in [0, 0.1) is 17.8 Å². The summed E-state index contributed by atoms with van der Waals surface area (Å²) in [5.41, 5.74) is 1.48. The third kappa shape index (κ3) is 4.39. The summed E-state index contributed by atoms with van der Waals surface area (Å²) in [6, 6.07) is 13.7. The van der Waals surface area contributed by atoms with Crippen molar-refractivity contribution >= 4 is 11.8 Å². The summed E-state index contributed by atoms with van der Waals surface area (Å²) in [6.45, 7) is 7.37. The van der Waals surface area contributed by atoms with Crippen LogP contribution < -0.4 is 0 Å². The second-order valence-electron chi connectivity index (χ2n) is 9.98. The Kier molecular flexibility index (Phi) is 6.26. The number of piperidine rings is 2. The zero-order valence-corrected chi connectivity index (χ0v) is 20.0. The molecule has 4 heterocycles. The highest BCUT2D eigenvalue weighted by atomic mass is 16.2. The SMILES string of the molecule is C[C@@H]1C[C@@H](C)CN(C(=O)C2CCN(C(=O)c3cnn(-c4ccccc4)c3-n3cccc3)CC2)C1. The van der Waals surface area contributed by atoms with Crippen LogP contribution in [0.4, 0.5) is 0 Å². The minimum Gasteiger partial charge on any atom is -0.342 e. The Morgan fingerprint density at radius 2 is 1.53 bits per heavy atom. The summed E-state index contributed by atoms with van der Waals surface area (Å²) in [4.78, 5) is 30.7. The molecule has 0 spiro atoms. The van der Waals surface area contributed by atoms with Crippen LogP contribution in [-0.2, 0) is 4.79 Å². The monoisotopic (exact) mass is 459 g/mol. The average Bonchev–Trinajstić information content (AvgIpc) is 3.53. The van der Waals surface area contributed by atoms with Gasteiger partial charge in [0.05, 0.1) is 11.9 Å². The lowest BCUT2D eigenvalue weighted by Crippen LogP contribution is -2.48. The first-order valence-electron chi connectivity index (χ1n) is 12.4. The molecule has 7 nitrogen and oxygen atoms in total. The van der Waals surface area contributed by atoms with Crippen LogP contribution in [0.1, 0.15) is 43.5 Å². The van der Waals surface area contributed by atoms with Gasteiger partial charge in [0.25, 0.3) is 5.91 Å². The van der Waals surface area contributed by atoms with Gasteiger partial charge in [0, 0.05) is 44.5 Å². The Hall–Kier alpha value is -3.35. The first-order chi connectivity index (χ1) is 16.5. The molecule has 178 valence electrons. The summed E-state index contributed by atoms with van der Waals surface area (Å²) >= 11 is 0. The Balaban J connectivity index is 1.32. The second kappa shape index (κ2) is 9.49. The van der Waals surface area contributed by atoms with Gasteiger partial charge in [-0.2, -0.15) is 5.10 Å². The molecule has 0 N–H and O–H groups in total. The van der Waals surface area contributed by atoms with Crippen molar-refractivity contribution in [2.45, 2.75) is 33.1 Å². The molecule has 3 aromatic rings. The molecular weight excluding hydrogens is 426 g/mol. The number of likely N-dealkylation sites (tertiary alicyclic amines) is 2. The number of carbonyl (C=O) groups is 2. The number of nitrogens with zero attached hydrogens (tertiary/aromatic N) is 5. The molecule has 2 aliphatic heterocycles. The molecule has 1 aromatic carbocycles. The third-order valence-electron chi connectivity index (χ3n) is 7.14. The van der Waals surface area contributed by atoms with Crippen LogP contribution in [0.3, 0.4) is 0 Å². The predicted molar refractivity (Wildman–Crippen MR) is 131 cm³/mol. The van der Waals surface area contributed by atoms with E-state index < -0.39 is 0 Å². The van der Waals surface area contributed by atoms with Crippen molar-refractivity contribution in [2.24, 2.45) is 17.8 Å². The molecule has 0 unspecified atom stereocenters. The molecule has 34 heavy (non-hydrogen) atoms. The average molecular weight is 460 g/mol. The number of benzene rings is 1. The number of hydrogen-bond donors (Lipinski definition) is 0. The fourth-order valence-corrected chi connectivity index (χ4v) is 5.58. The van der Waals surface area contributed by atoms with E-state index in [-0.39, 0.29) is 17.7 Å². The van der Waals surface area contributed by atoms with Crippen molar-refractivity contribution < 1.29 is 9.59 Å². The summed E-state index contributed by atoms with van der Waals surface area (Å²) in [7, 11) is 0. The van der Waals surface area contributed by atoms with Gasteiger partial charge >= 0.3 is 0 Å². The summed E-state index contributed by atoms with van der Waals surface area (Å²) in [6.07, 6.45) is 8.15.